The van der Waals surface area contributed by atoms with Gasteiger partial charge in [0.1, 0.15) is 11.6 Å². The Kier molecular flexibility index (Phi) is 5.79. The van der Waals surface area contributed by atoms with E-state index in [0.717, 1.165) is 39.4 Å². The number of carbonyl (C=O) groups is 2. The number of nitrogens with one attached hydrogen (secondary N) is 2. The Bertz CT molecular complexity index is 1410. The molecule has 7 heteroatoms. The molecule has 2 amide bonds. The van der Waals surface area contributed by atoms with Gasteiger partial charge in [0, 0.05) is 72.2 Å². The van der Waals surface area contributed by atoms with Gasteiger partial charge in [0.25, 0.3) is 0 Å². The van der Waals surface area contributed by atoms with Crippen LogP contribution in [0.25, 0.3) is 21.8 Å². The number of hydrogen-bond acceptors (Lipinski definition) is 3. The molecular weight excluding hydrogens is 440 g/mol. The van der Waals surface area contributed by atoms with E-state index in [2.05, 4.69) is 39.1 Å². The second-order valence-corrected chi connectivity index (χ2v) is 10.3. The van der Waals surface area contributed by atoms with Crippen LogP contribution in [0.3, 0.4) is 0 Å². The highest BCUT2D eigenvalue weighted by molar-refractivity contribution is 5.90. The molecule has 1 aliphatic rings. The molecular formula is C28H32N4O3. The minimum absolute atomic E-state index is 0.0975. The standard InChI is InChI=1S/C28H32N4O3/c1-28(2,3)35-27(34)30-24(15-18-16-31(4)25-12-8-6-9-19(18)25)26(33)32-14-13-23-21(17-32)20-10-5-7-11-22(20)29-23/h5-12,16,24,29H,13-15,17H2,1-4H3,(H,30,34). The van der Waals surface area contributed by atoms with Crippen molar-refractivity contribution in [1.82, 2.24) is 19.8 Å². The van der Waals surface area contributed by atoms with Crippen LogP contribution >= 0.6 is 0 Å². The Hall–Kier alpha value is -3.74. The van der Waals surface area contributed by atoms with Gasteiger partial charge in [-0.25, -0.2) is 4.79 Å². The lowest BCUT2D eigenvalue weighted by atomic mass is 10.0. The van der Waals surface area contributed by atoms with Crippen LogP contribution < -0.4 is 5.32 Å². The van der Waals surface area contributed by atoms with E-state index in [9.17, 15) is 9.59 Å². The zero-order valence-electron chi connectivity index (χ0n) is 20.7. The highest BCUT2D eigenvalue weighted by atomic mass is 16.6. The van der Waals surface area contributed by atoms with E-state index in [1.165, 1.54) is 5.69 Å². The highest BCUT2D eigenvalue weighted by Gasteiger charge is 2.32. The fourth-order valence-corrected chi connectivity index (χ4v) is 5.03. The molecule has 0 saturated heterocycles. The van der Waals surface area contributed by atoms with Gasteiger partial charge >= 0.3 is 6.09 Å². The molecule has 1 aliphatic heterocycles. The van der Waals surface area contributed by atoms with Gasteiger partial charge in [-0.3, -0.25) is 4.79 Å². The van der Waals surface area contributed by atoms with Gasteiger partial charge in [-0.05, 0) is 38.5 Å². The largest absolute Gasteiger partial charge is 0.444 e. The summed E-state index contributed by atoms with van der Waals surface area (Å²) in [6, 6.07) is 15.6. The monoisotopic (exact) mass is 472 g/mol. The maximum atomic E-state index is 13.9. The summed E-state index contributed by atoms with van der Waals surface area (Å²) in [5.41, 5.74) is 4.88. The molecule has 1 unspecified atom stereocenters. The SMILES string of the molecule is Cn1cc(CC(NC(=O)OC(C)(C)C)C(=O)N2CCc3[nH]c4ccccc4c3C2)c2ccccc21. The van der Waals surface area contributed by atoms with Crippen LogP contribution in [0.5, 0.6) is 0 Å². The van der Waals surface area contributed by atoms with Crippen molar-refractivity contribution in [1.29, 1.82) is 0 Å². The van der Waals surface area contributed by atoms with E-state index in [-0.39, 0.29) is 5.91 Å². The number of alkyl carbamates (subject to hydrolysis) is 1. The van der Waals surface area contributed by atoms with E-state index < -0.39 is 17.7 Å². The molecule has 35 heavy (non-hydrogen) atoms. The number of ether oxygens (including phenoxy) is 1. The van der Waals surface area contributed by atoms with E-state index in [4.69, 9.17) is 4.74 Å². The lowest BCUT2D eigenvalue weighted by Gasteiger charge is -2.31. The summed E-state index contributed by atoms with van der Waals surface area (Å²) >= 11 is 0. The van der Waals surface area contributed by atoms with Crippen LogP contribution in [0.4, 0.5) is 4.79 Å². The van der Waals surface area contributed by atoms with Crippen LogP contribution in [0.2, 0.25) is 0 Å². The van der Waals surface area contributed by atoms with Gasteiger partial charge in [0.2, 0.25) is 5.91 Å². The molecule has 7 nitrogen and oxygen atoms in total. The summed E-state index contributed by atoms with van der Waals surface area (Å²) in [6.07, 6.45) is 2.59. The van der Waals surface area contributed by atoms with Crippen molar-refractivity contribution in [3.8, 4) is 0 Å². The van der Waals surface area contributed by atoms with Crippen LogP contribution in [0.1, 0.15) is 37.6 Å². The molecule has 3 heterocycles. The first-order chi connectivity index (χ1) is 16.7. The highest BCUT2D eigenvalue weighted by Crippen LogP contribution is 2.28. The fraction of sp³-hybridized carbons (Fsp3) is 0.357. The summed E-state index contributed by atoms with van der Waals surface area (Å²) in [5.74, 6) is -0.0975. The molecule has 2 aromatic carbocycles. The molecule has 0 bridgehead atoms. The number of aromatic amines is 1. The Labute approximate surface area is 205 Å². The first kappa shape index (κ1) is 23.0. The van der Waals surface area contributed by atoms with E-state index in [1.807, 2.05) is 63.2 Å². The lowest BCUT2D eigenvalue weighted by molar-refractivity contribution is -0.134. The summed E-state index contributed by atoms with van der Waals surface area (Å²) in [4.78, 5) is 31.9. The first-order valence-corrected chi connectivity index (χ1v) is 12.1. The van der Waals surface area contributed by atoms with Crippen molar-refractivity contribution in [3.05, 3.63) is 71.5 Å². The normalized spacial score (nSPS) is 14.7. The van der Waals surface area contributed by atoms with Crippen molar-refractivity contribution in [3.63, 3.8) is 0 Å². The Morgan fingerprint density at radius 3 is 2.57 bits per heavy atom. The third-order valence-corrected chi connectivity index (χ3v) is 6.59. The number of hydrogen-bond donors (Lipinski definition) is 2. The number of benzene rings is 2. The van der Waals surface area contributed by atoms with Crippen LogP contribution in [-0.4, -0.2) is 44.6 Å². The molecule has 4 aromatic rings. The molecule has 2 aromatic heterocycles. The van der Waals surface area contributed by atoms with Crippen molar-refractivity contribution >= 4 is 33.8 Å². The molecule has 0 fully saturated rings. The quantitative estimate of drug-likeness (QED) is 0.453. The Morgan fingerprint density at radius 1 is 1.09 bits per heavy atom. The zero-order valence-corrected chi connectivity index (χ0v) is 20.7. The third kappa shape index (κ3) is 4.63. The minimum Gasteiger partial charge on any atom is -0.444 e. The van der Waals surface area contributed by atoms with Gasteiger partial charge in [0.15, 0.2) is 0 Å². The number of aryl methyl sites for hydroxylation is 1. The second-order valence-electron chi connectivity index (χ2n) is 10.3. The summed E-state index contributed by atoms with van der Waals surface area (Å²) < 4.78 is 7.56. The second kappa shape index (κ2) is 8.80. The molecule has 0 aliphatic carbocycles. The molecule has 0 radical (unpaired) electrons. The topological polar surface area (TPSA) is 79.4 Å². The number of aromatic nitrogens is 2. The van der Waals surface area contributed by atoms with Gasteiger partial charge in [0.05, 0.1) is 0 Å². The maximum absolute atomic E-state index is 13.9. The molecule has 2 N–H and O–H groups in total. The van der Waals surface area contributed by atoms with E-state index >= 15 is 0 Å². The van der Waals surface area contributed by atoms with Gasteiger partial charge in [-0.1, -0.05) is 36.4 Å². The van der Waals surface area contributed by atoms with Crippen LogP contribution in [0.15, 0.2) is 54.7 Å². The Balaban J connectivity index is 1.44. The van der Waals surface area contributed by atoms with Crippen molar-refractivity contribution in [2.24, 2.45) is 7.05 Å². The number of H-pyrrole nitrogens is 1. The smallest absolute Gasteiger partial charge is 0.408 e. The zero-order chi connectivity index (χ0) is 24.7. The average molecular weight is 473 g/mol. The molecule has 1 atom stereocenters. The van der Waals surface area contributed by atoms with Gasteiger partial charge in [-0.15, -0.1) is 0 Å². The number of amides is 2. The predicted molar refractivity (Wildman–Crippen MR) is 137 cm³/mol. The maximum Gasteiger partial charge on any atom is 0.408 e. The molecule has 0 saturated carbocycles. The summed E-state index contributed by atoms with van der Waals surface area (Å²) in [6.45, 7) is 6.56. The average Bonchev–Trinajstić information content (AvgIpc) is 3.34. The number of fused-ring (bicyclic) bond motifs is 4. The van der Waals surface area contributed by atoms with Gasteiger partial charge < -0.3 is 24.5 Å². The number of nitrogens with zero attached hydrogens (tertiary/aromatic N) is 2. The molecule has 5 rings (SSSR count). The minimum atomic E-state index is -0.734. The lowest BCUT2D eigenvalue weighted by Crippen LogP contribution is -2.51. The Morgan fingerprint density at radius 2 is 1.80 bits per heavy atom. The van der Waals surface area contributed by atoms with Crippen LogP contribution in [0, 0.1) is 0 Å². The molecule has 0 spiro atoms. The first-order valence-electron chi connectivity index (χ1n) is 12.1. The van der Waals surface area contributed by atoms with Crippen molar-refractivity contribution < 1.29 is 14.3 Å². The number of carbonyl (C=O) groups excluding carboxylic acids is 2. The van der Waals surface area contributed by atoms with Gasteiger partial charge in [-0.2, -0.15) is 0 Å². The van der Waals surface area contributed by atoms with E-state index in [0.29, 0.717) is 19.5 Å². The number of rotatable bonds is 4. The van der Waals surface area contributed by atoms with E-state index in [1.54, 1.807) is 0 Å². The number of para-hydroxylation sites is 2. The summed E-state index contributed by atoms with van der Waals surface area (Å²) in [7, 11) is 1.99. The fourth-order valence-electron chi connectivity index (χ4n) is 5.03. The predicted octanol–water partition coefficient (Wildman–Crippen LogP) is 4.68. The van der Waals surface area contributed by atoms with Crippen molar-refractivity contribution in [2.45, 2.75) is 51.8 Å². The van der Waals surface area contributed by atoms with Crippen molar-refractivity contribution in [2.75, 3.05) is 6.54 Å². The molecule has 182 valence electrons. The summed E-state index contributed by atoms with van der Waals surface area (Å²) in [5, 5.41) is 5.10. The third-order valence-electron chi connectivity index (χ3n) is 6.59. The van der Waals surface area contributed by atoms with Crippen LogP contribution in [-0.2, 0) is 36.0 Å².